The average Bonchev–Trinajstić information content (AvgIpc) is 4.03. The molecule has 0 amide bonds. The predicted octanol–water partition coefficient (Wildman–Crippen LogP) is 15.4. The summed E-state index contributed by atoms with van der Waals surface area (Å²) in [5.41, 5.74) is 17.6. The molecule has 2 heterocycles. The molecular weight excluding hydrogens is 723 g/mol. The first kappa shape index (κ1) is 31.9. The van der Waals surface area contributed by atoms with E-state index in [-0.39, 0.29) is 0 Å². The number of hydrogen-bond acceptors (Lipinski definition) is 3. The van der Waals surface area contributed by atoms with Gasteiger partial charge in [-0.3, -0.25) is 0 Å². The van der Waals surface area contributed by atoms with Crippen LogP contribution in [-0.4, -0.2) is 0 Å². The van der Waals surface area contributed by atoms with Crippen LogP contribution in [0.2, 0.25) is 0 Å². The van der Waals surface area contributed by atoms with E-state index in [1.807, 2.05) is 11.3 Å². The van der Waals surface area contributed by atoms with E-state index in [1.54, 1.807) is 0 Å². The zero-order valence-electron chi connectivity index (χ0n) is 31.3. The summed E-state index contributed by atoms with van der Waals surface area (Å²) in [6, 6.07) is 73.5. The van der Waals surface area contributed by atoms with Gasteiger partial charge in [-0.15, -0.1) is 11.3 Å². The molecule has 0 bridgehead atoms. The number of anilines is 3. The van der Waals surface area contributed by atoms with Crippen LogP contribution in [0.3, 0.4) is 0 Å². The van der Waals surface area contributed by atoms with Crippen molar-refractivity contribution in [2.45, 2.75) is 5.41 Å². The smallest absolute Gasteiger partial charge is 0.144 e. The Kier molecular flexibility index (Phi) is 6.56. The number of hydrogen-bond donors (Lipinski definition) is 0. The molecule has 2 aliphatic rings. The summed E-state index contributed by atoms with van der Waals surface area (Å²) in [6.07, 6.45) is 0. The maximum Gasteiger partial charge on any atom is 0.144 e. The third-order valence-electron chi connectivity index (χ3n) is 12.7. The van der Waals surface area contributed by atoms with Gasteiger partial charge < -0.3 is 9.32 Å². The van der Waals surface area contributed by atoms with Crippen LogP contribution in [0.25, 0.3) is 75.5 Å². The highest BCUT2D eigenvalue weighted by Crippen LogP contribution is 2.64. The van der Waals surface area contributed by atoms with E-state index in [1.165, 1.54) is 64.7 Å². The summed E-state index contributed by atoms with van der Waals surface area (Å²) in [5, 5.41) is 4.75. The molecule has 11 aromatic rings. The van der Waals surface area contributed by atoms with Gasteiger partial charge in [0, 0.05) is 53.4 Å². The first-order valence-corrected chi connectivity index (χ1v) is 20.7. The van der Waals surface area contributed by atoms with Gasteiger partial charge >= 0.3 is 0 Å². The molecule has 1 spiro atoms. The van der Waals surface area contributed by atoms with Crippen LogP contribution >= 0.6 is 11.3 Å². The molecule has 0 saturated carbocycles. The molecule has 270 valence electrons. The molecule has 3 heteroatoms. The SMILES string of the molecule is c1ccc(N(c2ccc(-c3cccc4c3oc3c4ccc4sc5ccccc5c43)cc2)c2cccc3c2-c2ccccc2C32c3ccccc3-c3ccccc32)cc1. The lowest BCUT2D eigenvalue weighted by Crippen LogP contribution is -2.26. The van der Waals surface area contributed by atoms with Crippen molar-refractivity contribution >= 4 is 70.5 Å². The van der Waals surface area contributed by atoms with Crippen molar-refractivity contribution in [2.75, 3.05) is 4.90 Å². The fraction of sp³-hybridized carbons (Fsp3) is 0.0182. The number of furan rings is 1. The average molecular weight is 756 g/mol. The van der Waals surface area contributed by atoms with E-state index in [4.69, 9.17) is 4.42 Å². The molecule has 13 rings (SSSR count). The van der Waals surface area contributed by atoms with E-state index in [0.29, 0.717) is 0 Å². The Morgan fingerprint density at radius 3 is 1.72 bits per heavy atom. The van der Waals surface area contributed by atoms with Crippen LogP contribution in [0.15, 0.2) is 205 Å². The highest BCUT2D eigenvalue weighted by molar-refractivity contribution is 7.26. The second-order valence-corrected chi connectivity index (χ2v) is 16.6. The van der Waals surface area contributed by atoms with E-state index in [9.17, 15) is 0 Å². The second-order valence-electron chi connectivity index (χ2n) is 15.5. The standard InChI is InChI=1S/C55H33NOS/c1-2-14-35(15-3-1)56(48-26-13-25-47-51(48)42-18-6-10-24-46(42)55(47)44-22-8-4-16-38(44)39-17-5-9-23-45(39)55)36-30-28-34(29-31-36)37-20-12-21-40-41-32-33-50-52(54(41)57-53(37)40)43-19-7-11-27-49(43)58-50/h1-33H. The van der Waals surface area contributed by atoms with Gasteiger partial charge in [0.25, 0.3) is 0 Å². The maximum atomic E-state index is 6.91. The van der Waals surface area contributed by atoms with E-state index >= 15 is 0 Å². The monoisotopic (exact) mass is 755 g/mol. The van der Waals surface area contributed by atoms with Crippen molar-refractivity contribution in [3.8, 4) is 33.4 Å². The number of para-hydroxylation sites is 2. The first-order valence-electron chi connectivity index (χ1n) is 19.9. The van der Waals surface area contributed by atoms with Crippen molar-refractivity contribution in [3.05, 3.63) is 222 Å². The lowest BCUT2D eigenvalue weighted by atomic mass is 9.70. The molecule has 0 radical (unpaired) electrons. The highest BCUT2D eigenvalue weighted by Gasteiger charge is 2.52. The number of nitrogens with zero attached hydrogens (tertiary/aromatic N) is 1. The molecule has 2 aliphatic carbocycles. The number of benzene rings is 9. The Balaban J connectivity index is 1.000. The Morgan fingerprint density at radius 2 is 0.948 bits per heavy atom. The Morgan fingerprint density at radius 1 is 0.379 bits per heavy atom. The summed E-state index contributed by atoms with van der Waals surface area (Å²) in [4.78, 5) is 2.44. The molecule has 58 heavy (non-hydrogen) atoms. The zero-order chi connectivity index (χ0) is 38.0. The zero-order valence-corrected chi connectivity index (χ0v) is 32.1. The number of fused-ring (bicyclic) bond motifs is 17. The van der Waals surface area contributed by atoms with Gasteiger partial charge in [0.2, 0.25) is 0 Å². The van der Waals surface area contributed by atoms with Crippen molar-refractivity contribution in [3.63, 3.8) is 0 Å². The number of rotatable bonds is 4. The molecular formula is C55H33NOS. The van der Waals surface area contributed by atoms with Crippen LogP contribution < -0.4 is 4.90 Å². The molecule has 0 atom stereocenters. The summed E-state index contributed by atoms with van der Waals surface area (Å²) < 4.78 is 9.44. The summed E-state index contributed by atoms with van der Waals surface area (Å²) >= 11 is 1.83. The minimum absolute atomic E-state index is 0.409. The molecule has 2 aromatic heterocycles. The van der Waals surface area contributed by atoms with Crippen LogP contribution in [0.5, 0.6) is 0 Å². The van der Waals surface area contributed by atoms with Gasteiger partial charge in [-0.25, -0.2) is 0 Å². The lowest BCUT2D eigenvalue weighted by Gasteiger charge is -2.31. The molecule has 9 aromatic carbocycles. The predicted molar refractivity (Wildman–Crippen MR) is 243 cm³/mol. The summed E-state index contributed by atoms with van der Waals surface area (Å²) in [5.74, 6) is 0. The van der Waals surface area contributed by atoms with Gasteiger partial charge in [-0.1, -0.05) is 152 Å². The molecule has 0 saturated heterocycles. The fourth-order valence-electron chi connectivity index (χ4n) is 10.4. The topological polar surface area (TPSA) is 16.4 Å². The Hall–Kier alpha value is -7.20. The van der Waals surface area contributed by atoms with Gasteiger partial charge in [0.1, 0.15) is 11.2 Å². The van der Waals surface area contributed by atoms with Crippen molar-refractivity contribution in [1.82, 2.24) is 0 Å². The van der Waals surface area contributed by atoms with E-state index in [0.717, 1.165) is 50.1 Å². The quantitative estimate of drug-likeness (QED) is 0.178. The molecule has 2 nitrogen and oxygen atoms in total. The van der Waals surface area contributed by atoms with Gasteiger partial charge in [-0.05, 0) is 93.0 Å². The maximum absolute atomic E-state index is 6.91. The third kappa shape index (κ3) is 4.16. The van der Waals surface area contributed by atoms with Gasteiger partial charge in [-0.2, -0.15) is 0 Å². The largest absolute Gasteiger partial charge is 0.455 e. The normalized spacial score (nSPS) is 13.3. The molecule has 0 fully saturated rings. The van der Waals surface area contributed by atoms with Crippen LogP contribution in [0, 0.1) is 0 Å². The third-order valence-corrected chi connectivity index (χ3v) is 13.8. The van der Waals surface area contributed by atoms with Crippen LogP contribution in [0.4, 0.5) is 17.1 Å². The lowest BCUT2D eigenvalue weighted by molar-refractivity contribution is 0.674. The molecule has 0 unspecified atom stereocenters. The van der Waals surface area contributed by atoms with Gasteiger partial charge in [0.15, 0.2) is 0 Å². The minimum Gasteiger partial charge on any atom is -0.455 e. The van der Waals surface area contributed by atoms with Crippen molar-refractivity contribution in [2.24, 2.45) is 0 Å². The Labute approximate surface area is 339 Å². The van der Waals surface area contributed by atoms with E-state index in [2.05, 4.69) is 205 Å². The van der Waals surface area contributed by atoms with Crippen LogP contribution in [0.1, 0.15) is 22.3 Å². The molecule has 0 N–H and O–H groups in total. The fourth-order valence-corrected chi connectivity index (χ4v) is 11.5. The summed E-state index contributed by atoms with van der Waals surface area (Å²) in [6.45, 7) is 0. The van der Waals surface area contributed by atoms with Crippen molar-refractivity contribution < 1.29 is 4.42 Å². The van der Waals surface area contributed by atoms with E-state index < -0.39 is 5.41 Å². The first-order chi connectivity index (χ1) is 28.8. The Bertz CT molecular complexity index is 3420. The van der Waals surface area contributed by atoms with Crippen molar-refractivity contribution in [1.29, 1.82) is 0 Å². The van der Waals surface area contributed by atoms with Gasteiger partial charge in [0.05, 0.1) is 11.1 Å². The second kappa shape index (κ2) is 11.9. The highest BCUT2D eigenvalue weighted by atomic mass is 32.1. The molecule has 0 aliphatic heterocycles. The number of thiophene rings is 1. The van der Waals surface area contributed by atoms with Crippen LogP contribution in [-0.2, 0) is 5.41 Å². The summed E-state index contributed by atoms with van der Waals surface area (Å²) in [7, 11) is 0. The minimum atomic E-state index is -0.409.